The minimum absolute atomic E-state index is 0.0660. The lowest BCUT2D eigenvalue weighted by Gasteiger charge is -2.35. The Kier molecular flexibility index (Phi) is 7.42. The molecule has 4 nitrogen and oxygen atoms in total. The van der Waals surface area contributed by atoms with Gasteiger partial charge in [-0.1, -0.05) is 18.2 Å². The second-order valence-corrected chi connectivity index (χ2v) is 8.53. The van der Waals surface area contributed by atoms with E-state index >= 15 is 0 Å². The fourth-order valence-corrected chi connectivity index (χ4v) is 4.52. The van der Waals surface area contributed by atoms with Crippen LogP contribution in [0.15, 0.2) is 30.3 Å². The Balaban J connectivity index is 1.72. The molecule has 6 heteroatoms. The van der Waals surface area contributed by atoms with Crippen molar-refractivity contribution in [2.24, 2.45) is 5.92 Å². The van der Waals surface area contributed by atoms with Crippen LogP contribution in [0.4, 0.5) is 14.5 Å². The summed E-state index contributed by atoms with van der Waals surface area (Å²) >= 11 is 0. The Morgan fingerprint density at radius 1 is 1.13 bits per heavy atom. The summed E-state index contributed by atoms with van der Waals surface area (Å²) in [5, 5.41) is 8.77. The number of benzene rings is 2. The van der Waals surface area contributed by atoms with Crippen molar-refractivity contribution in [1.82, 2.24) is 0 Å². The Morgan fingerprint density at radius 3 is 2.48 bits per heavy atom. The van der Waals surface area contributed by atoms with Gasteiger partial charge in [0, 0.05) is 31.1 Å². The Labute approximate surface area is 181 Å². The molecule has 1 unspecified atom stereocenters. The molecule has 31 heavy (non-hydrogen) atoms. The second kappa shape index (κ2) is 10.0. The summed E-state index contributed by atoms with van der Waals surface area (Å²) in [5.74, 6) is -1.73. The number of halogens is 2. The van der Waals surface area contributed by atoms with Gasteiger partial charge in [0.15, 0.2) is 0 Å². The summed E-state index contributed by atoms with van der Waals surface area (Å²) in [6.07, 6.45) is 3.98. The van der Waals surface area contributed by atoms with E-state index in [4.69, 9.17) is 5.11 Å². The smallest absolute Gasteiger partial charge is 0.303 e. The third kappa shape index (κ3) is 5.90. The van der Waals surface area contributed by atoms with Crippen LogP contribution in [-0.4, -0.2) is 23.5 Å². The van der Waals surface area contributed by atoms with Crippen LogP contribution >= 0.6 is 0 Å². The number of carbonyl (C=O) groups excluding carboxylic acids is 1. The lowest BCUT2D eigenvalue weighted by Crippen LogP contribution is -2.41. The van der Waals surface area contributed by atoms with E-state index < -0.39 is 17.6 Å². The molecule has 0 aromatic heterocycles. The molecule has 1 aliphatic rings. The number of hydrogen-bond donors (Lipinski definition) is 1. The third-order valence-corrected chi connectivity index (χ3v) is 5.96. The molecular weight excluding hydrogens is 400 g/mol. The number of piperidine rings is 1. The van der Waals surface area contributed by atoms with Crippen molar-refractivity contribution in [1.29, 1.82) is 0 Å². The van der Waals surface area contributed by atoms with Crippen LogP contribution in [0.2, 0.25) is 0 Å². The fraction of sp³-hybridized carbons (Fsp3) is 0.440. The van der Waals surface area contributed by atoms with E-state index in [1.165, 1.54) is 12.1 Å². The molecule has 0 radical (unpaired) electrons. The maximum absolute atomic E-state index is 14.1. The first-order valence-corrected chi connectivity index (χ1v) is 10.8. The van der Waals surface area contributed by atoms with E-state index in [0.717, 1.165) is 41.3 Å². The molecule has 0 bridgehead atoms. The van der Waals surface area contributed by atoms with Gasteiger partial charge in [-0.05, 0) is 80.2 Å². The van der Waals surface area contributed by atoms with Gasteiger partial charge in [0.05, 0.1) is 0 Å². The van der Waals surface area contributed by atoms with Gasteiger partial charge in [-0.15, -0.1) is 0 Å². The van der Waals surface area contributed by atoms with Gasteiger partial charge in [0.1, 0.15) is 11.6 Å². The highest BCUT2D eigenvalue weighted by Gasteiger charge is 2.29. The number of carboxylic acid groups (broad SMARTS) is 1. The van der Waals surface area contributed by atoms with Gasteiger partial charge >= 0.3 is 5.97 Å². The van der Waals surface area contributed by atoms with Gasteiger partial charge in [0.25, 0.3) is 0 Å². The topological polar surface area (TPSA) is 57.6 Å². The van der Waals surface area contributed by atoms with Crippen LogP contribution in [0.1, 0.15) is 54.4 Å². The molecule has 0 saturated carbocycles. The summed E-state index contributed by atoms with van der Waals surface area (Å²) in [7, 11) is 0. The largest absolute Gasteiger partial charge is 0.481 e. The Hall–Kier alpha value is -2.76. The van der Waals surface area contributed by atoms with E-state index in [1.807, 2.05) is 18.7 Å². The van der Waals surface area contributed by atoms with Gasteiger partial charge in [-0.3, -0.25) is 9.59 Å². The summed E-state index contributed by atoms with van der Waals surface area (Å²) in [6.45, 7) is 4.48. The number of carbonyl (C=O) groups is 2. The van der Waals surface area contributed by atoms with E-state index in [2.05, 4.69) is 12.1 Å². The molecule has 1 heterocycles. The molecule has 2 aromatic carbocycles. The SMILES string of the molecule is Cc1cc(CCCCC(=O)O)cc(C)c1N1CC(Cc2ccc(F)cc2F)CCC1=O. The van der Waals surface area contributed by atoms with Crippen molar-refractivity contribution in [3.8, 4) is 0 Å². The average Bonchev–Trinajstić information content (AvgIpc) is 2.69. The number of unbranched alkanes of at least 4 members (excludes halogenated alkanes) is 1. The van der Waals surface area contributed by atoms with Crippen LogP contribution < -0.4 is 4.90 Å². The summed E-state index contributed by atoms with van der Waals surface area (Å²) in [5.41, 5.74) is 4.54. The quantitative estimate of drug-likeness (QED) is 0.575. The van der Waals surface area contributed by atoms with Gasteiger partial charge < -0.3 is 10.0 Å². The van der Waals surface area contributed by atoms with Crippen LogP contribution in [0.5, 0.6) is 0 Å². The zero-order valence-electron chi connectivity index (χ0n) is 18.1. The third-order valence-electron chi connectivity index (χ3n) is 5.96. The maximum Gasteiger partial charge on any atom is 0.303 e. The molecule has 2 aromatic rings. The maximum atomic E-state index is 14.1. The number of nitrogens with zero attached hydrogens (tertiary/aromatic N) is 1. The van der Waals surface area contributed by atoms with Gasteiger partial charge in [-0.25, -0.2) is 8.78 Å². The monoisotopic (exact) mass is 429 g/mol. The number of amides is 1. The summed E-state index contributed by atoms with van der Waals surface area (Å²) in [4.78, 5) is 25.2. The predicted molar refractivity (Wildman–Crippen MR) is 116 cm³/mol. The molecule has 0 aliphatic carbocycles. The molecule has 1 saturated heterocycles. The van der Waals surface area contributed by atoms with E-state index in [0.29, 0.717) is 37.8 Å². The highest BCUT2D eigenvalue weighted by atomic mass is 19.1. The van der Waals surface area contributed by atoms with Crippen molar-refractivity contribution in [3.05, 3.63) is 64.2 Å². The van der Waals surface area contributed by atoms with Crippen molar-refractivity contribution < 1.29 is 23.5 Å². The zero-order valence-corrected chi connectivity index (χ0v) is 18.1. The molecule has 166 valence electrons. The summed E-state index contributed by atoms with van der Waals surface area (Å²) in [6, 6.07) is 7.80. The van der Waals surface area contributed by atoms with Crippen molar-refractivity contribution >= 4 is 17.6 Å². The standard InChI is InChI=1S/C25H29F2NO3/c1-16-11-18(5-3-4-6-24(30)31)12-17(2)25(16)28-15-19(7-10-23(28)29)13-20-8-9-21(26)14-22(20)27/h8-9,11-12,14,19H,3-7,10,13,15H2,1-2H3,(H,30,31). The zero-order chi connectivity index (χ0) is 22.5. The normalized spacial score (nSPS) is 16.6. The Morgan fingerprint density at radius 2 is 1.84 bits per heavy atom. The number of aliphatic carboxylic acids is 1. The van der Waals surface area contributed by atoms with E-state index in [-0.39, 0.29) is 18.2 Å². The first-order valence-electron chi connectivity index (χ1n) is 10.8. The number of carboxylic acids is 1. The fourth-order valence-electron chi connectivity index (χ4n) is 4.52. The lowest BCUT2D eigenvalue weighted by atomic mass is 9.89. The first kappa shape index (κ1) is 22.9. The molecule has 1 fully saturated rings. The van der Waals surface area contributed by atoms with Crippen LogP contribution in [-0.2, 0) is 22.4 Å². The first-order chi connectivity index (χ1) is 14.7. The van der Waals surface area contributed by atoms with E-state index in [1.54, 1.807) is 0 Å². The molecule has 1 amide bonds. The average molecular weight is 430 g/mol. The predicted octanol–water partition coefficient (Wildman–Crippen LogP) is 5.36. The highest BCUT2D eigenvalue weighted by molar-refractivity contribution is 5.95. The van der Waals surface area contributed by atoms with Crippen molar-refractivity contribution in [3.63, 3.8) is 0 Å². The number of hydrogen-bond acceptors (Lipinski definition) is 2. The number of rotatable bonds is 8. The Bertz CT molecular complexity index is 950. The number of anilines is 1. The molecule has 3 rings (SSSR count). The van der Waals surface area contributed by atoms with Crippen LogP contribution in [0.25, 0.3) is 0 Å². The minimum Gasteiger partial charge on any atom is -0.481 e. The van der Waals surface area contributed by atoms with Gasteiger partial charge in [-0.2, -0.15) is 0 Å². The molecule has 0 spiro atoms. The molecule has 1 N–H and O–H groups in total. The lowest BCUT2D eigenvalue weighted by molar-refractivity contribution is -0.137. The van der Waals surface area contributed by atoms with Crippen LogP contribution in [0.3, 0.4) is 0 Å². The summed E-state index contributed by atoms with van der Waals surface area (Å²) < 4.78 is 27.3. The van der Waals surface area contributed by atoms with Gasteiger partial charge in [0.2, 0.25) is 5.91 Å². The second-order valence-electron chi connectivity index (χ2n) is 8.53. The van der Waals surface area contributed by atoms with Crippen molar-refractivity contribution in [2.75, 3.05) is 11.4 Å². The minimum atomic E-state index is -0.776. The highest BCUT2D eigenvalue weighted by Crippen LogP contribution is 2.33. The molecule has 1 atom stereocenters. The molecular formula is C25H29F2NO3. The van der Waals surface area contributed by atoms with E-state index in [9.17, 15) is 18.4 Å². The number of aryl methyl sites for hydroxylation is 3. The van der Waals surface area contributed by atoms with Crippen molar-refractivity contribution in [2.45, 2.75) is 58.8 Å². The van der Waals surface area contributed by atoms with Crippen LogP contribution in [0, 0.1) is 31.4 Å². The molecule has 1 aliphatic heterocycles.